The maximum Gasteiger partial charge on any atom is 0.259 e. The Hall–Kier alpha value is -2.07. The summed E-state index contributed by atoms with van der Waals surface area (Å²) >= 11 is 1.57. The Morgan fingerprint density at radius 2 is 1.89 bits per heavy atom. The fourth-order valence-corrected chi connectivity index (χ4v) is 2.70. The van der Waals surface area contributed by atoms with Gasteiger partial charge in [0.1, 0.15) is 5.75 Å². The summed E-state index contributed by atoms with van der Waals surface area (Å²) in [6, 6.07) is 10.7. The molecule has 0 amide bonds. The number of aromatic hydroxyl groups is 1. The van der Waals surface area contributed by atoms with Crippen LogP contribution in [0.1, 0.15) is 5.56 Å². The lowest BCUT2D eigenvalue weighted by molar-refractivity contribution is 0.475. The number of aromatic nitrogens is 1. The molecule has 0 bridgehead atoms. The third-order valence-corrected chi connectivity index (χ3v) is 3.76. The first-order chi connectivity index (χ1) is 8.74. The fourth-order valence-electron chi connectivity index (χ4n) is 1.93. The highest BCUT2D eigenvalue weighted by Crippen LogP contribution is 2.17. The second-order valence-electron chi connectivity index (χ2n) is 4.11. The topological polar surface area (TPSA) is 42.2 Å². The van der Waals surface area contributed by atoms with Crippen LogP contribution in [-0.4, -0.2) is 9.67 Å². The van der Waals surface area contributed by atoms with Crippen LogP contribution in [0.15, 0.2) is 52.8 Å². The van der Waals surface area contributed by atoms with Crippen LogP contribution in [0.2, 0.25) is 0 Å². The molecule has 0 fully saturated rings. The molecular formula is C14H11NO2S. The minimum absolute atomic E-state index is 0.0295. The van der Waals surface area contributed by atoms with Crippen molar-refractivity contribution in [3.05, 3.63) is 63.9 Å². The van der Waals surface area contributed by atoms with Crippen molar-refractivity contribution in [3.8, 4) is 5.75 Å². The maximum atomic E-state index is 12.2. The number of hydrogen-bond acceptors (Lipinski definition) is 3. The van der Waals surface area contributed by atoms with Crippen LogP contribution >= 0.6 is 11.3 Å². The summed E-state index contributed by atoms with van der Waals surface area (Å²) in [5, 5.41) is 11.9. The maximum absolute atomic E-state index is 12.2. The number of rotatable bonds is 2. The van der Waals surface area contributed by atoms with Gasteiger partial charge in [-0.3, -0.25) is 4.79 Å². The van der Waals surface area contributed by atoms with Crippen LogP contribution in [0.25, 0.3) is 10.1 Å². The van der Waals surface area contributed by atoms with Gasteiger partial charge < -0.3 is 9.67 Å². The van der Waals surface area contributed by atoms with Gasteiger partial charge in [0.25, 0.3) is 5.56 Å². The molecule has 0 aliphatic heterocycles. The molecule has 3 nitrogen and oxygen atoms in total. The van der Waals surface area contributed by atoms with Crippen molar-refractivity contribution >= 4 is 21.4 Å². The number of pyridine rings is 1. The van der Waals surface area contributed by atoms with Crippen molar-refractivity contribution in [1.82, 2.24) is 4.57 Å². The van der Waals surface area contributed by atoms with E-state index < -0.39 is 0 Å². The predicted molar refractivity (Wildman–Crippen MR) is 73.3 cm³/mol. The van der Waals surface area contributed by atoms with Crippen molar-refractivity contribution in [1.29, 1.82) is 0 Å². The van der Waals surface area contributed by atoms with E-state index in [1.807, 2.05) is 35.8 Å². The zero-order chi connectivity index (χ0) is 12.5. The largest absolute Gasteiger partial charge is 0.508 e. The van der Waals surface area contributed by atoms with Gasteiger partial charge in [-0.2, -0.15) is 0 Å². The lowest BCUT2D eigenvalue weighted by Gasteiger charge is -2.06. The van der Waals surface area contributed by atoms with Crippen molar-refractivity contribution in [2.24, 2.45) is 0 Å². The first-order valence-corrected chi connectivity index (χ1v) is 6.46. The first-order valence-electron chi connectivity index (χ1n) is 5.58. The monoisotopic (exact) mass is 257 g/mol. The predicted octanol–water partition coefficient (Wildman–Crippen LogP) is 2.82. The zero-order valence-corrected chi connectivity index (χ0v) is 10.4. The van der Waals surface area contributed by atoms with E-state index in [1.54, 1.807) is 28.0 Å². The zero-order valence-electron chi connectivity index (χ0n) is 9.54. The second-order valence-corrected chi connectivity index (χ2v) is 5.06. The Balaban J connectivity index is 2.02. The molecule has 3 rings (SSSR count). The highest BCUT2D eigenvalue weighted by molar-refractivity contribution is 7.17. The summed E-state index contributed by atoms with van der Waals surface area (Å²) in [6.45, 7) is 0.519. The number of phenolic OH excluding ortho intramolecular Hbond substituents is 1. The summed E-state index contributed by atoms with van der Waals surface area (Å²) in [4.78, 5) is 12.2. The van der Waals surface area contributed by atoms with Crippen molar-refractivity contribution < 1.29 is 5.11 Å². The Morgan fingerprint density at radius 1 is 1.11 bits per heavy atom. The number of hydrogen-bond donors (Lipinski definition) is 1. The van der Waals surface area contributed by atoms with Gasteiger partial charge in [0.2, 0.25) is 0 Å². The minimum Gasteiger partial charge on any atom is -0.508 e. The average Bonchev–Trinajstić information content (AvgIpc) is 2.84. The van der Waals surface area contributed by atoms with E-state index in [0.717, 1.165) is 15.6 Å². The van der Waals surface area contributed by atoms with Crippen LogP contribution in [0.5, 0.6) is 5.75 Å². The molecule has 0 spiro atoms. The average molecular weight is 257 g/mol. The molecule has 0 aliphatic carbocycles. The molecule has 0 saturated heterocycles. The smallest absolute Gasteiger partial charge is 0.259 e. The summed E-state index contributed by atoms with van der Waals surface area (Å²) < 4.78 is 2.70. The molecule has 2 heterocycles. The van der Waals surface area contributed by atoms with Gasteiger partial charge >= 0.3 is 0 Å². The van der Waals surface area contributed by atoms with E-state index in [1.165, 1.54) is 0 Å². The quantitative estimate of drug-likeness (QED) is 0.767. The molecule has 0 saturated carbocycles. The van der Waals surface area contributed by atoms with Gasteiger partial charge in [0, 0.05) is 10.9 Å². The van der Waals surface area contributed by atoms with Crippen molar-refractivity contribution in [3.63, 3.8) is 0 Å². The van der Waals surface area contributed by atoms with Crippen molar-refractivity contribution in [2.75, 3.05) is 0 Å². The standard InChI is InChI=1S/C14H11NO2S/c16-11-3-1-10(2-4-11)9-15-7-5-13-12(14(15)17)6-8-18-13/h1-8,16H,9H2. The lowest BCUT2D eigenvalue weighted by Crippen LogP contribution is -2.19. The van der Waals surface area contributed by atoms with E-state index in [0.29, 0.717) is 6.54 Å². The normalized spacial score (nSPS) is 10.9. The van der Waals surface area contributed by atoms with Crippen LogP contribution in [0, 0.1) is 0 Å². The van der Waals surface area contributed by atoms with Gasteiger partial charge in [-0.25, -0.2) is 0 Å². The molecule has 3 aromatic rings. The van der Waals surface area contributed by atoms with E-state index in [2.05, 4.69) is 0 Å². The van der Waals surface area contributed by atoms with Crippen LogP contribution in [0.3, 0.4) is 0 Å². The second kappa shape index (κ2) is 4.31. The molecule has 2 aromatic heterocycles. The third-order valence-electron chi connectivity index (χ3n) is 2.88. The Kier molecular flexibility index (Phi) is 2.64. The van der Waals surface area contributed by atoms with Crippen LogP contribution in [-0.2, 0) is 6.54 Å². The van der Waals surface area contributed by atoms with Gasteiger partial charge in [0.15, 0.2) is 0 Å². The molecule has 4 heteroatoms. The SMILES string of the molecule is O=c1c2ccsc2ccn1Cc1ccc(O)cc1. The molecule has 0 atom stereocenters. The number of fused-ring (bicyclic) bond motifs is 1. The molecule has 90 valence electrons. The summed E-state index contributed by atoms with van der Waals surface area (Å²) in [5.74, 6) is 0.236. The van der Waals surface area contributed by atoms with E-state index in [4.69, 9.17) is 0 Å². The highest BCUT2D eigenvalue weighted by Gasteiger charge is 2.04. The highest BCUT2D eigenvalue weighted by atomic mass is 32.1. The van der Waals surface area contributed by atoms with Gasteiger partial charge in [-0.15, -0.1) is 11.3 Å². The van der Waals surface area contributed by atoms with Crippen molar-refractivity contribution in [2.45, 2.75) is 6.54 Å². The molecule has 0 aliphatic rings. The minimum atomic E-state index is 0.0295. The Bertz CT molecular complexity index is 740. The molecule has 18 heavy (non-hydrogen) atoms. The summed E-state index contributed by atoms with van der Waals surface area (Å²) in [6.07, 6.45) is 1.81. The van der Waals surface area contributed by atoms with E-state index in [-0.39, 0.29) is 11.3 Å². The van der Waals surface area contributed by atoms with Gasteiger partial charge in [-0.1, -0.05) is 12.1 Å². The molecule has 0 unspecified atom stereocenters. The first kappa shape index (κ1) is 11.0. The molecular weight excluding hydrogens is 246 g/mol. The number of thiophene rings is 1. The number of phenols is 1. The lowest BCUT2D eigenvalue weighted by atomic mass is 10.2. The Morgan fingerprint density at radius 3 is 2.67 bits per heavy atom. The van der Waals surface area contributed by atoms with Gasteiger partial charge in [0.05, 0.1) is 11.9 Å². The van der Waals surface area contributed by atoms with E-state index in [9.17, 15) is 9.90 Å². The van der Waals surface area contributed by atoms with Crippen LogP contribution < -0.4 is 5.56 Å². The molecule has 0 radical (unpaired) electrons. The molecule has 1 aromatic carbocycles. The van der Waals surface area contributed by atoms with Gasteiger partial charge in [-0.05, 0) is 35.2 Å². The summed E-state index contributed by atoms with van der Waals surface area (Å²) in [5.41, 5.74) is 1.02. The Labute approximate surface area is 108 Å². The number of benzene rings is 1. The fraction of sp³-hybridized carbons (Fsp3) is 0.0714. The molecule has 1 N–H and O–H groups in total. The third kappa shape index (κ3) is 1.91. The van der Waals surface area contributed by atoms with E-state index >= 15 is 0 Å². The summed E-state index contributed by atoms with van der Waals surface area (Å²) in [7, 11) is 0. The number of nitrogens with zero attached hydrogens (tertiary/aromatic N) is 1. The van der Waals surface area contributed by atoms with Crippen LogP contribution in [0.4, 0.5) is 0 Å².